The van der Waals surface area contributed by atoms with E-state index in [9.17, 15) is 0 Å². The SMILES string of the molecule is Nc1cccc(Br)c1COc1cncc(Cl)c1. The standard InChI is InChI=1S/C12H10BrClN2O/c13-11-2-1-3-12(15)10(11)7-17-9-4-8(14)5-16-6-9/h1-6H,7,15H2. The van der Waals surface area contributed by atoms with Gasteiger partial charge in [-0.15, -0.1) is 0 Å². The van der Waals surface area contributed by atoms with Crippen molar-refractivity contribution in [3.63, 3.8) is 0 Å². The maximum atomic E-state index is 5.86. The van der Waals surface area contributed by atoms with E-state index in [4.69, 9.17) is 22.1 Å². The first-order chi connectivity index (χ1) is 8.16. The quantitative estimate of drug-likeness (QED) is 0.880. The van der Waals surface area contributed by atoms with E-state index in [1.165, 1.54) is 0 Å². The molecule has 0 amide bonds. The van der Waals surface area contributed by atoms with E-state index < -0.39 is 0 Å². The Hall–Kier alpha value is -1.26. The van der Waals surface area contributed by atoms with Gasteiger partial charge in [0.25, 0.3) is 0 Å². The molecule has 1 heterocycles. The highest BCUT2D eigenvalue weighted by atomic mass is 79.9. The van der Waals surface area contributed by atoms with Gasteiger partial charge in [-0.25, -0.2) is 0 Å². The second-order valence-corrected chi connectivity index (χ2v) is 4.73. The Morgan fingerprint density at radius 1 is 1.35 bits per heavy atom. The predicted molar refractivity (Wildman–Crippen MR) is 72.1 cm³/mol. The molecule has 2 aromatic rings. The maximum absolute atomic E-state index is 5.86. The Bertz CT molecular complexity index is 513. The van der Waals surface area contributed by atoms with Gasteiger partial charge in [0, 0.05) is 28.0 Å². The van der Waals surface area contributed by atoms with Gasteiger partial charge in [-0.1, -0.05) is 33.6 Å². The van der Waals surface area contributed by atoms with Crippen molar-refractivity contribution in [3.8, 4) is 5.75 Å². The molecule has 0 spiro atoms. The van der Waals surface area contributed by atoms with E-state index in [-0.39, 0.29) is 0 Å². The minimum Gasteiger partial charge on any atom is -0.487 e. The van der Waals surface area contributed by atoms with Crippen molar-refractivity contribution < 1.29 is 4.74 Å². The van der Waals surface area contributed by atoms with Crippen LogP contribution in [-0.2, 0) is 6.61 Å². The lowest BCUT2D eigenvalue weighted by atomic mass is 10.2. The highest BCUT2D eigenvalue weighted by Crippen LogP contribution is 2.24. The molecule has 2 rings (SSSR count). The summed E-state index contributed by atoms with van der Waals surface area (Å²) in [5.41, 5.74) is 7.46. The van der Waals surface area contributed by atoms with Crippen LogP contribution in [0, 0.1) is 0 Å². The molecule has 0 saturated heterocycles. The van der Waals surface area contributed by atoms with Crippen LogP contribution < -0.4 is 10.5 Å². The molecule has 17 heavy (non-hydrogen) atoms. The monoisotopic (exact) mass is 312 g/mol. The Morgan fingerprint density at radius 3 is 2.88 bits per heavy atom. The lowest BCUT2D eigenvalue weighted by Crippen LogP contribution is -2.01. The van der Waals surface area contributed by atoms with Gasteiger partial charge < -0.3 is 10.5 Å². The molecule has 0 aliphatic heterocycles. The van der Waals surface area contributed by atoms with Crippen molar-refractivity contribution in [2.45, 2.75) is 6.61 Å². The molecule has 1 aromatic heterocycles. The van der Waals surface area contributed by atoms with E-state index in [2.05, 4.69) is 20.9 Å². The average molecular weight is 314 g/mol. The summed E-state index contributed by atoms with van der Waals surface area (Å²) in [6.45, 7) is 0.370. The minimum absolute atomic E-state index is 0.370. The van der Waals surface area contributed by atoms with E-state index >= 15 is 0 Å². The smallest absolute Gasteiger partial charge is 0.139 e. The number of rotatable bonds is 3. The van der Waals surface area contributed by atoms with Crippen molar-refractivity contribution in [2.75, 3.05) is 5.73 Å². The molecule has 3 nitrogen and oxygen atoms in total. The fraction of sp³-hybridized carbons (Fsp3) is 0.0833. The topological polar surface area (TPSA) is 48.1 Å². The molecule has 0 fully saturated rings. The molecule has 5 heteroatoms. The van der Waals surface area contributed by atoms with Crippen LogP contribution in [0.5, 0.6) is 5.75 Å². The third kappa shape index (κ3) is 3.11. The van der Waals surface area contributed by atoms with Gasteiger partial charge in [0.15, 0.2) is 0 Å². The molecule has 0 aliphatic rings. The molecule has 0 radical (unpaired) electrons. The van der Waals surface area contributed by atoms with Crippen molar-refractivity contribution in [3.05, 3.63) is 51.7 Å². The zero-order chi connectivity index (χ0) is 12.3. The van der Waals surface area contributed by atoms with Gasteiger partial charge in [-0.2, -0.15) is 0 Å². The molecule has 0 saturated carbocycles. The van der Waals surface area contributed by atoms with E-state index in [0.29, 0.717) is 23.1 Å². The minimum atomic E-state index is 0.370. The summed E-state index contributed by atoms with van der Waals surface area (Å²) in [5.74, 6) is 0.618. The Kier molecular flexibility index (Phi) is 3.86. The summed E-state index contributed by atoms with van der Waals surface area (Å²) in [6, 6.07) is 7.34. The summed E-state index contributed by atoms with van der Waals surface area (Å²) < 4.78 is 6.50. The van der Waals surface area contributed by atoms with Crippen LogP contribution in [0.1, 0.15) is 5.56 Å². The van der Waals surface area contributed by atoms with Crippen molar-refractivity contribution in [1.29, 1.82) is 0 Å². The van der Waals surface area contributed by atoms with Crippen LogP contribution in [-0.4, -0.2) is 4.98 Å². The lowest BCUT2D eigenvalue weighted by molar-refractivity contribution is 0.305. The number of nitrogens with two attached hydrogens (primary N) is 1. The van der Waals surface area contributed by atoms with Crippen molar-refractivity contribution >= 4 is 33.2 Å². The largest absolute Gasteiger partial charge is 0.487 e. The van der Waals surface area contributed by atoms with Crippen LogP contribution >= 0.6 is 27.5 Å². The summed E-state index contributed by atoms with van der Waals surface area (Å²) in [6.07, 6.45) is 3.17. The zero-order valence-electron chi connectivity index (χ0n) is 8.86. The second kappa shape index (κ2) is 5.38. The summed E-state index contributed by atoms with van der Waals surface area (Å²) in [7, 11) is 0. The number of pyridine rings is 1. The molecular formula is C12H10BrClN2O. The number of nitrogen functional groups attached to an aromatic ring is 1. The number of hydrogen-bond acceptors (Lipinski definition) is 3. The summed E-state index contributed by atoms with van der Waals surface area (Å²) in [5, 5.41) is 0.544. The van der Waals surface area contributed by atoms with E-state index in [0.717, 1.165) is 10.0 Å². The highest BCUT2D eigenvalue weighted by Gasteiger charge is 2.05. The van der Waals surface area contributed by atoms with Crippen LogP contribution in [0.3, 0.4) is 0 Å². The van der Waals surface area contributed by atoms with E-state index in [1.807, 2.05) is 18.2 Å². The third-order valence-corrected chi connectivity index (χ3v) is 3.17. The van der Waals surface area contributed by atoms with Gasteiger partial charge >= 0.3 is 0 Å². The van der Waals surface area contributed by atoms with E-state index in [1.54, 1.807) is 18.5 Å². The van der Waals surface area contributed by atoms with Crippen molar-refractivity contribution in [2.24, 2.45) is 0 Å². The number of hydrogen-bond donors (Lipinski definition) is 1. The third-order valence-electron chi connectivity index (χ3n) is 2.22. The molecular weight excluding hydrogens is 304 g/mol. The fourth-order valence-corrected chi connectivity index (χ4v) is 2.01. The molecule has 0 unspecified atom stereocenters. The average Bonchev–Trinajstić information content (AvgIpc) is 2.28. The number of ether oxygens (including phenoxy) is 1. The number of aromatic nitrogens is 1. The lowest BCUT2D eigenvalue weighted by Gasteiger charge is -2.10. The number of halogens is 2. The molecule has 88 valence electrons. The van der Waals surface area contributed by atoms with Crippen LogP contribution in [0.2, 0.25) is 5.02 Å². The Labute approximate surface area is 113 Å². The first-order valence-corrected chi connectivity index (χ1v) is 6.10. The normalized spacial score (nSPS) is 10.2. The zero-order valence-corrected chi connectivity index (χ0v) is 11.2. The van der Waals surface area contributed by atoms with Crippen LogP contribution in [0.25, 0.3) is 0 Å². The summed E-state index contributed by atoms with van der Waals surface area (Å²) >= 11 is 9.25. The van der Waals surface area contributed by atoms with Crippen molar-refractivity contribution in [1.82, 2.24) is 4.98 Å². The first-order valence-electron chi connectivity index (χ1n) is 4.93. The first kappa shape index (κ1) is 12.2. The number of anilines is 1. The fourth-order valence-electron chi connectivity index (χ4n) is 1.35. The Morgan fingerprint density at radius 2 is 2.18 bits per heavy atom. The number of nitrogens with zero attached hydrogens (tertiary/aromatic N) is 1. The van der Waals surface area contributed by atoms with Gasteiger partial charge in [-0.05, 0) is 12.1 Å². The summed E-state index contributed by atoms with van der Waals surface area (Å²) in [4.78, 5) is 3.94. The number of benzene rings is 1. The second-order valence-electron chi connectivity index (χ2n) is 3.44. The molecule has 0 atom stereocenters. The molecule has 0 aliphatic carbocycles. The van der Waals surface area contributed by atoms with Gasteiger partial charge in [-0.3, -0.25) is 4.98 Å². The maximum Gasteiger partial charge on any atom is 0.139 e. The predicted octanol–water partition coefficient (Wildman–Crippen LogP) is 3.66. The Balaban J connectivity index is 2.13. The van der Waals surface area contributed by atoms with Gasteiger partial charge in [0.1, 0.15) is 12.4 Å². The van der Waals surface area contributed by atoms with Gasteiger partial charge in [0.05, 0.1) is 11.2 Å². The highest BCUT2D eigenvalue weighted by molar-refractivity contribution is 9.10. The molecule has 0 bridgehead atoms. The van der Waals surface area contributed by atoms with Crippen LogP contribution in [0.4, 0.5) is 5.69 Å². The molecule has 2 N–H and O–H groups in total. The van der Waals surface area contributed by atoms with Crippen LogP contribution in [0.15, 0.2) is 41.1 Å². The van der Waals surface area contributed by atoms with Gasteiger partial charge in [0.2, 0.25) is 0 Å². The molecule has 1 aromatic carbocycles.